The monoisotopic (exact) mass is 1690 g/mol. The van der Waals surface area contributed by atoms with Crippen LogP contribution >= 0.6 is 0 Å². The highest BCUT2D eigenvalue weighted by Gasteiger charge is 2.29. The summed E-state index contributed by atoms with van der Waals surface area (Å²) in [6, 6.07) is 142. The average Bonchev–Trinajstić information content (AvgIpc) is 1.54. The number of hydrogen-bond donors (Lipinski definition) is 0. The van der Waals surface area contributed by atoms with E-state index < -0.39 is 0 Å². The molecule has 612 valence electrons. The maximum Gasteiger partial charge on any atom is 0.238 e. The van der Waals surface area contributed by atoms with Crippen LogP contribution in [0.25, 0.3) is 255 Å². The molecule has 0 amide bonds. The van der Waals surface area contributed by atoms with Crippen molar-refractivity contribution >= 4 is 175 Å². The van der Waals surface area contributed by atoms with Crippen molar-refractivity contribution in [2.24, 2.45) is 0 Å². The molecule has 0 aliphatic carbocycles. The number of nitrogens with zero attached hydrogens (tertiary/aromatic N) is 14. The molecule has 0 fully saturated rings. The van der Waals surface area contributed by atoms with E-state index >= 15 is 0 Å². The molecule has 0 spiro atoms. The second-order valence-corrected chi connectivity index (χ2v) is 33.4. The molecule has 10 aromatic heterocycles. The van der Waals surface area contributed by atoms with Crippen LogP contribution in [0.5, 0.6) is 0 Å². The Morgan fingerprint density at radius 3 is 0.932 bits per heavy atom. The van der Waals surface area contributed by atoms with Gasteiger partial charge in [-0.25, -0.2) is 9.97 Å². The number of para-hydroxylation sites is 10. The van der Waals surface area contributed by atoms with Crippen LogP contribution in [0.4, 0.5) is 0 Å². The van der Waals surface area contributed by atoms with Gasteiger partial charge in [-0.1, -0.05) is 243 Å². The summed E-state index contributed by atoms with van der Waals surface area (Å²) in [6.07, 6.45) is 0. The highest BCUT2D eigenvalue weighted by Crippen LogP contribution is 2.50. The Hall–Kier alpha value is -18.6. The summed E-state index contributed by atoms with van der Waals surface area (Å²) in [7, 11) is 0. The molecule has 0 atom stereocenters. The summed E-state index contributed by atoms with van der Waals surface area (Å²) >= 11 is 0. The smallest absolute Gasteiger partial charge is 0.238 e. The van der Waals surface area contributed by atoms with Gasteiger partial charge < -0.3 is 27.1 Å². The summed E-state index contributed by atoms with van der Waals surface area (Å²) in [4.78, 5) is 30.6. The summed E-state index contributed by atoms with van der Waals surface area (Å²) < 4.78 is 27.2. The minimum absolute atomic E-state index is 0.467. The van der Waals surface area contributed by atoms with Crippen molar-refractivity contribution in [3.8, 4) is 92.3 Å². The van der Waals surface area contributed by atoms with Crippen molar-refractivity contribution in [3.63, 3.8) is 0 Å². The van der Waals surface area contributed by atoms with Gasteiger partial charge in [-0.3, -0.25) is 9.13 Å². The fourth-order valence-electron chi connectivity index (χ4n) is 20.7. The van der Waals surface area contributed by atoms with Gasteiger partial charge in [-0.2, -0.15) is 30.5 Å². The van der Waals surface area contributed by atoms with E-state index in [0.717, 1.165) is 192 Å². The highest BCUT2D eigenvalue weighted by molar-refractivity contribution is 6.33. The van der Waals surface area contributed by atoms with Gasteiger partial charge in [0, 0.05) is 104 Å². The number of furan rings is 2. The van der Waals surface area contributed by atoms with Crippen LogP contribution in [0.15, 0.2) is 409 Å². The molecule has 0 N–H and O–H groups in total. The third kappa shape index (κ3) is 11.0. The molecule has 132 heavy (non-hydrogen) atoms. The molecule has 16 heteroatoms. The molecule has 18 aromatic carbocycles. The molecule has 0 aliphatic heterocycles. The lowest BCUT2D eigenvalue weighted by atomic mass is 10.0. The van der Waals surface area contributed by atoms with Gasteiger partial charge in [0.05, 0.1) is 105 Å². The Morgan fingerprint density at radius 1 is 0.205 bits per heavy atom. The Labute approximate surface area is 750 Å². The van der Waals surface area contributed by atoms with Crippen molar-refractivity contribution in [2.75, 3.05) is 0 Å². The van der Waals surface area contributed by atoms with Crippen LogP contribution in [0.3, 0.4) is 0 Å². The minimum Gasteiger partial charge on any atom is -0.455 e. The summed E-state index contributed by atoms with van der Waals surface area (Å²) in [5, 5.41) is 39.4. The van der Waals surface area contributed by atoms with Gasteiger partial charge in [0.2, 0.25) is 11.9 Å². The van der Waals surface area contributed by atoms with Gasteiger partial charge in [0.25, 0.3) is 0 Å². The first-order valence-electron chi connectivity index (χ1n) is 43.9. The first kappa shape index (κ1) is 73.7. The van der Waals surface area contributed by atoms with Crippen molar-refractivity contribution in [2.45, 2.75) is 0 Å². The van der Waals surface area contributed by atoms with E-state index in [-0.39, 0.29) is 0 Å². The maximum atomic E-state index is 11.0. The zero-order valence-electron chi connectivity index (χ0n) is 70.2. The average molecular weight is 1690 g/mol. The van der Waals surface area contributed by atoms with Crippen LogP contribution in [0.1, 0.15) is 11.1 Å². The Morgan fingerprint density at radius 2 is 0.508 bits per heavy atom. The van der Waals surface area contributed by atoms with E-state index in [9.17, 15) is 10.5 Å². The number of hydrogen-bond acceptors (Lipinski definition) is 10. The van der Waals surface area contributed by atoms with Crippen molar-refractivity contribution in [3.05, 3.63) is 412 Å². The molecule has 0 saturated heterocycles. The van der Waals surface area contributed by atoms with Gasteiger partial charge in [-0.05, 0) is 158 Å². The van der Waals surface area contributed by atoms with Crippen LogP contribution in [-0.4, -0.2) is 57.3 Å². The zero-order valence-corrected chi connectivity index (χ0v) is 70.2. The van der Waals surface area contributed by atoms with Crippen LogP contribution in [-0.2, 0) is 0 Å². The Bertz CT molecular complexity index is 9730. The van der Waals surface area contributed by atoms with Gasteiger partial charge in [-0.15, -0.1) is 0 Å². The first-order chi connectivity index (χ1) is 65.4. The fraction of sp³-hybridized carbons (Fsp3) is 0. The number of benzene rings is 18. The summed E-state index contributed by atoms with van der Waals surface area (Å²) in [5.74, 6) is 3.01. The van der Waals surface area contributed by atoms with E-state index in [2.05, 4.69) is 306 Å². The molecule has 28 aromatic rings. The molecule has 10 heterocycles. The predicted molar refractivity (Wildman–Crippen MR) is 531 cm³/mol. The van der Waals surface area contributed by atoms with Crippen LogP contribution < -0.4 is 0 Å². The second kappa shape index (κ2) is 29.0. The van der Waals surface area contributed by atoms with E-state index in [4.69, 9.17) is 38.7 Å². The number of nitriles is 2. The third-order valence-corrected chi connectivity index (χ3v) is 26.3. The quantitative estimate of drug-likeness (QED) is 0.128. The van der Waals surface area contributed by atoms with Crippen LogP contribution in [0, 0.1) is 22.7 Å². The van der Waals surface area contributed by atoms with Gasteiger partial charge in [0.1, 0.15) is 34.5 Å². The topological polar surface area (TPSA) is 181 Å². The molecule has 16 nitrogen and oxygen atoms in total. The molecule has 0 aliphatic rings. The number of fused-ring (bicyclic) bond motifs is 28. The van der Waals surface area contributed by atoms with E-state index in [1.54, 1.807) is 0 Å². The predicted octanol–water partition coefficient (Wildman–Crippen LogP) is 28.5. The third-order valence-electron chi connectivity index (χ3n) is 26.3. The minimum atomic E-state index is 0.467. The lowest BCUT2D eigenvalue weighted by Gasteiger charge is -2.13. The normalized spacial score (nSPS) is 11.9. The van der Waals surface area contributed by atoms with Gasteiger partial charge in [0.15, 0.2) is 23.3 Å². The summed E-state index contributed by atoms with van der Waals surface area (Å²) in [6.45, 7) is 0. The molecular weight excluding hydrogens is 1620 g/mol. The summed E-state index contributed by atoms with van der Waals surface area (Å²) in [5.41, 5.74) is 23.4. The second-order valence-electron chi connectivity index (χ2n) is 33.4. The molecule has 0 radical (unpaired) electrons. The van der Waals surface area contributed by atoms with Crippen molar-refractivity contribution in [1.29, 1.82) is 10.5 Å². The van der Waals surface area contributed by atoms with Crippen molar-refractivity contribution < 1.29 is 8.83 Å². The number of aromatic nitrogens is 12. The molecular formula is C116H66N14O2. The fourth-order valence-corrected chi connectivity index (χ4v) is 20.7. The standard InChI is InChI=1S/2C58H33N7O/c59-34-37-33-36(57-60-56(35-15-3-1-4-16-35)61-58(62-57)65-47-24-12-7-19-39(47)40-20-8-13-25-48(40)65)27-30-45(37)64-49-26-14-10-22-43(49)52-50(64)31-28-44-53-51(66-55(44)52)32-29-42-41-21-9-11-23-46(41)63(54(42)53)38-17-5-2-6-18-38;59-34-37-33-36(57-60-56(35-15-3-1-4-16-35)61-58(62-57)65-45-23-11-7-19-39(45)40-20-8-12-24-46(40)65)27-29-44(37)64-48-26-14-10-22-42(48)53-50(64)30-28-43-54-51(66-55(43)53)32-31-49-52(54)41-21-9-13-25-47(41)63(49)38-17-5-2-6-18-38/h2*1-33H. The molecule has 0 saturated carbocycles. The van der Waals surface area contributed by atoms with Crippen molar-refractivity contribution in [1.82, 2.24) is 57.3 Å². The highest BCUT2D eigenvalue weighted by atomic mass is 16.3. The molecule has 0 bridgehead atoms. The largest absolute Gasteiger partial charge is 0.455 e. The first-order valence-corrected chi connectivity index (χ1v) is 43.9. The van der Waals surface area contributed by atoms with Crippen LogP contribution in [0.2, 0.25) is 0 Å². The van der Waals surface area contributed by atoms with E-state index in [0.29, 0.717) is 57.4 Å². The SMILES string of the molecule is N#Cc1cc(-c2nc(-c3ccccc3)nc(-n3c4ccccc4c4ccccc43)n2)ccc1-n1c2ccccc2c2c3oc4ccc5c(c6ccccc6n5-c5ccccc5)c4c3ccc21.N#Cc1cc(-c2nc(-c3ccccc3)nc(-n3c4ccccc4c4ccccc43)n2)ccc1-n1c2ccccc2c2c3oc4ccc5c6ccccc6n(-c6ccccc6)c5c4c3ccc21. The maximum absolute atomic E-state index is 11.0. The van der Waals surface area contributed by atoms with Gasteiger partial charge >= 0.3 is 0 Å². The Kier molecular flexibility index (Phi) is 16.2. The lowest BCUT2D eigenvalue weighted by Crippen LogP contribution is -2.06. The molecule has 28 rings (SSSR count). The van der Waals surface area contributed by atoms with E-state index in [1.165, 1.54) is 16.2 Å². The zero-order chi connectivity index (χ0) is 86.9. The number of rotatable bonds is 10. The lowest BCUT2D eigenvalue weighted by molar-refractivity contribution is 0.673. The Balaban J connectivity index is 0.000000135. The molecule has 0 unspecified atom stereocenters. The van der Waals surface area contributed by atoms with E-state index in [1.807, 2.05) is 133 Å².